The molecule has 5 rings (SSSR count). The number of hydrogen-bond acceptors (Lipinski definition) is 7. The fourth-order valence-electron chi connectivity index (χ4n) is 4.28. The number of benzene rings is 3. The molecule has 190 valence electrons. The van der Waals surface area contributed by atoms with Crippen molar-refractivity contribution in [2.75, 3.05) is 0 Å². The molecule has 0 radical (unpaired) electrons. The van der Waals surface area contributed by atoms with Gasteiger partial charge >= 0.3 is 0 Å². The van der Waals surface area contributed by atoms with E-state index in [1.54, 1.807) is 13.0 Å². The van der Waals surface area contributed by atoms with Crippen molar-refractivity contribution in [3.63, 3.8) is 0 Å². The number of aromatic nitrogens is 2. The SMILES string of the molecule is Cc1cc(Oc2ccc3nc(COc4ccc(CC5(C)SC(=O)NC5=O)cc4)n(C)c3c2)c(C)cc1O. The van der Waals surface area contributed by atoms with Gasteiger partial charge in [-0.3, -0.25) is 14.9 Å². The van der Waals surface area contributed by atoms with E-state index in [9.17, 15) is 14.7 Å². The van der Waals surface area contributed by atoms with Crippen LogP contribution in [0.15, 0.2) is 54.6 Å². The third kappa shape index (κ3) is 4.99. The largest absolute Gasteiger partial charge is 0.508 e. The maximum atomic E-state index is 12.1. The predicted octanol–water partition coefficient (Wildman–Crippen LogP) is 5.55. The number of ether oxygens (including phenoxy) is 2. The van der Waals surface area contributed by atoms with E-state index in [1.165, 1.54) is 0 Å². The molecule has 0 spiro atoms. The van der Waals surface area contributed by atoms with Gasteiger partial charge in [-0.15, -0.1) is 0 Å². The molecule has 1 fully saturated rings. The van der Waals surface area contributed by atoms with Gasteiger partial charge < -0.3 is 19.1 Å². The van der Waals surface area contributed by atoms with Crippen molar-refractivity contribution >= 4 is 33.9 Å². The summed E-state index contributed by atoms with van der Waals surface area (Å²) in [6.45, 7) is 5.78. The maximum Gasteiger partial charge on any atom is 0.286 e. The van der Waals surface area contributed by atoms with Crippen LogP contribution in [0.3, 0.4) is 0 Å². The first kappa shape index (κ1) is 24.7. The van der Waals surface area contributed by atoms with Crippen LogP contribution in [0.25, 0.3) is 11.0 Å². The summed E-state index contributed by atoms with van der Waals surface area (Å²) < 4.78 is 13.3. The zero-order chi connectivity index (χ0) is 26.3. The van der Waals surface area contributed by atoms with Crippen molar-refractivity contribution in [3.05, 3.63) is 77.1 Å². The molecule has 1 aromatic heterocycles. The van der Waals surface area contributed by atoms with Crippen LogP contribution in [0.5, 0.6) is 23.0 Å². The standard InChI is InChI=1S/C28H27N3O5S/c1-16-12-24(17(2)11-23(16)32)36-20-9-10-21-22(13-20)31(4)25(29-21)15-35-19-7-5-18(6-8-19)14-28(3)26(33)30-27(34)37-28/h5-13,32H,14-15H2,1-4H3,(H,30,33,34). The number of fused-ring (bicyclic) bond motifs is 1. The number of carbonyl (C=O) groups excluding carboxylic acids is 2. The number of aromatic hydroxyl groups is 1. The lowest BCUT2D eigenvalue weighted by molar-refractivity contribution is -0.121. The van der Waals surface area contributed by atoms with Gasteiger partial charge in [-0.05, 0) is 92.0 Å². The number of carbonyl (C=O) groups is 2. The lowest BCUT2D eigenvalue weighted by Crippen LogP contribution is -2.35. The van der Waals surface area contributed by atoms with Gasteiger partial charge in [0, 0.05) is 13.1 Å². The minimum Gasteiger partial charge on any atom is -0.508 e. The molecule has 1 unspecified atom stereocenters. The Morgan fingerprint density at radius 2 is 1.76 bits per heavy atom. The van der Waals surface area contributed by atoms with Gasteiger partial charge in [0.15, 0.2) is 0 Å². The Labute approximate surface area is 218 Å². The smallest absolute Gasteiger partial charge is 0.286 e. The minimum absolute atomic E-state index is 0.247. The first-order valence-corrected chi connectivity index (χ1v) is 12.6. The van der Waals surface area contributed by atoms with Crippen molar-refractivity contribution in [3.8, 4) is 23.0 Å². The van der Waals surface area contributed by atoms with Gasteiger partial charge in [0.2, 0.25) is 5.91 Å². The Hall–Kier alpha value is -3.98. The van der Waals surface area contributed by atoms with Crippen molar-refractivity contribution in [2.24, 2.45) is 7.05 Å². The minimum atomic E-state index is -0.797. The van der Waals surface area contributed by atoms with Crippen LogP contribution in [0, 0.1) is 13.8 Å². The molecular formula is C28H27N3O5S. The Morgan fingerprint density at radius 1 is 1.03 bits per heavy atom. The number of thioether (sulfide) groups is 1. The number of imide groups is 1. The molecule has 1 aliphatic rings. The van der Waals surface area contributed by atoms with Crippen LogP contribution in [0.2, 0.25) is 0 Å². The summed E-state index contributed by atoms with van der Waals surface area (Å²) in [5.41, 5.74) is 4.29. The van der Waals surface area contributed by atoms with Crippen LogP contribution in [-0.4, -0.2) is 30.6 Å². The zero-order valence-electron chi connectivity index (χ0n) is 21.0. The topological polar surface area (TPSA) is 103 Å². The molecule has 0 saturated carbocycles. The van der Waals surface area contributed by atoms with Gasteiger partial charge in [0.05, 0.1) is 11.0 Å². The highest BCUT2D eigenvalue weighted by Crippen LogP contribution is 2.35. The molecule has 2 amide bonds. The molecule has 1 aliphatic heterocycles. The Bertz CT molecular complexity index is 1530. The summed E-state index contributed by atoms with van der Waals surface area (Å²) in [6.07, 6.45) is 0.452. The first-order valence-electron chi connectivity index (χ1n) is 11.8. The van der Waals surface area contributed by atoms with E-state index >= 15 is 0 Å². The normalized spacial score (nSPS) is 17.3. The number of nitrogens with zero attached hydrogens (tertiary/aromatic N) is 2. The molecule has 4 aromatic rings. The third-order valence-electron chi connectivity index (χ3n) is 6.51. The molecule has 8 nitrogen and oxygen atoms in total. The summed E-state index contributed by atoms with van der Waals surface area (Å²) in [5, 5.41) is 11.9. The van der Waals surface area contributed by atoms with Crippen LogP contribution in [0.4, 0.5) is 4.79 Å². The summed E-state index contributed by atoms with van der Waals surface area (Å²) in [7, 11) is 1.93. The highest BCUT2D eigenvalue weighted by Gasteiger charge is 2.43. The summed E-state index contributed by atoms with van der Waals surface area (Å²) in [5.74, 6) is 2.80. The molecule has 2 N–H and O–H groups in total. The molecule has 0 bridgehead atoms. The monoisotopic (exact) mass is 517 g/mol. The highest BCUT2D eigenvalue weighted by atomic mass is 32.2. The van der Waals surface area contributed by atoms with E-state index in [4.69, 9.17) is 14.5 Å². The van der Waals surface area contributed by atoms with Gasteiger partial charge in [-0.25, -0.2) is 4.98 Å². The number of aryl methyl sites for hydroxylation is 3. The fraction of sp³-hybridized carbons (Fsp3) is 0.250. The zero-order valence-corrected chi connectivity index (χ0v) is 21.8. The molecule has 0 aliphatic carbocycles. The van der Waals surface area contributed by atoms with Crippen LogP contribution < -0.4 is 14.8 Å². The van der Waals surface area contributed by atoms with Crippen molar-refractivity contribution in [1.82, 2.24) is 14.9 Å². The van der Waals surface area contributed by atoms with Gasteiger partial charge in [0.25, 0.3) is 5.24 Å². The Kier molecular flexibility index (Phi) is 6.33. The quantitative estimate of drug-likeness (QED) is 0.331. The second-order valence-corrected chi connectivity index (χ2v) is 10.9. The lowest BCUT2D eigenvalue weighted by Gasteiger charge is -2.18. The fourth-order valence-corrected chi connectivity index (χ4v) is 5.22. The van der Waals surface area contributed by atoms with Crippen molar-refractivity contribution in [2.45, 2.75) is 38.5 Å². The van der Waals surface area contributed by atoms with E-state index in [0.717, 1.165) is 45.3 Å². The maximum absolute atomic E-state index is 12.1. The molecule has 3 aromatic carbocycles. The average molecular weight is 518 g/mol. The number of amides is 2. The number of imidazole rings is 1. The molecule has 37 heavy (non-hydrogen) atoms. The molecule has 1 saturated heterocycles. The lowest BCUT2D eigenvalue weighted by atomic mass is 9.99. The van der Waals surface area contributed by atoms with Crippen LogP contribution >= 0.6 is 11.8 Å². The van der Waals surface area contributed by atoms with Crippen molar-refractivity contribution in [1.29, 1.82) is 0 Å². The summed E-state index contributed by atoms with van der Waals surface area (Å²) in [4.78, 5) is 28.3. The highest BCUT2D eigenvalue weighted by molar-refractivity contribution is 8.16. The molecular weight excluding hydrogens is 490 g/mol. The second kappa shape index (κ2) is 9.48. The first-order chi connectivity index (χ1) is 17.6. The van der Waals surface area contributed by atoms with E-state index in [2.05, 4.69) is 5.32 Å². The Balaban J connectivity index is 1.27. The van der Waals surface area contributed by atoms with Crippen LogP contribution in [0.1, 0.15) is 29.4 Å². The molecule has 1 atom stereocenters. The summed E-state index contributed by atoms with van der Waals surface area (Å²) in [6, 6.07) is 16.8. The van der Waals surface area contributed by atoms with Gasteiger partial charge in [-0.2, -0.15) is 0 Å². The van der Waals surface area contributed by atoms with Gasteiger partial charge in [0.1, 0.15) is 40.2 Å². The van der Waals surface area contributed by atoms with E-state index in [1.807, 2.05) is 74.0 Å². The average Bonchev–Trinajstić information content (AvgIpc) is 3.30. The number of phenolic OH excluding ortho intramolecular Hbond substituents is 1. The number of hydrogen-bond donors (Lipinski definition) is 2. The second-order valence-electron chi connectivity index (χ2n) is 9.43. The number of nitrogens with one attached hydrogen (secondary N) is 1. The Morgan fingerprint density at radius 3 is 2.46 bits per heavy atom. The van der Waals surface area contributed by atoms with E-state index < -0.39 is 4.75 Å². The number of phenols is 1. The van der Waals surface area contributed by atoms with Crippen molar-refractivity contribution < 1.29 is 24.2 Å². The van der Waals surface area contributed by atoms with Crippen LogP contribution in [-0.2, 0) is 24.9 Å². The predicted molar refractivity (Wildman–Crippen MR) is 142 cm³/mol. The van der Waals surface area contributed by atoms with E-state index in [0.29, 0.717) is 23.7 Å². The molecule has 9 heteroatoms. The van der Waals surface area contributed by atoms with Gasteiger partial charge in [-0.1, -0.05) is 12.1 Å². The van der Waals surface area contributed by atoms with E-state index in [-0.39, 0.29) is 23.5 Å². The summed E-state index contributed by atoms with van der Waals surface area (Å²) >= 11 is 1.03. The molecule has 2 heterocycles. The third-order valence-corrected chi connectivity index (χ3v) is 7.58. The number of rotatable bonds is 7.